The largest absolute Gasteiger partial charge is 0.478 e. The van der Waals surface area contributed by atoms with Crippen molar-refractivity contribution in [2.75, 3.05) is 11.1 Å². The Labute approximate surface area is 212 Å². The molecule has 186 valence electrons. The van der Waals surface area contributed by atoms with Crippen molar-refractivity contribution in [2.45, 2.75) is 18.5 Å². The lowest BCUT2D eigenvalue weighted by atomic mass is 9.97. The van der Waals surface area contributed by atoms with E-state index in [2.05, 4.69) is 15.6 Å². The highest BCUT2D eigenvalue weighted by Gasteiger charge is 2.43. The highest BCUT2D eigenvalue weighted by atomic mass is 32.2. The molecule has 1 unspecified atom stereocenters. The fraction of sp³-hybridized carbons (Fsp3) is 0.192. The van der Waals surface area contributed by atoms with Crippen LogP contribution in [0.25, 0.3) is 0 Å². The predicted octanol–water partition coefficient (Wildman–Crippen LogP) is 2.70. The molecule has 0 bridgehead atoms. The summed E-state index contributed by atoms with van der Waals surface area (Å²) >= 11 is 0.938. The number of rotatable bonds is 12. The second-order valence-corrected chi connectivity index (χ2v) is 9.05. The number of nitrogens with zero attached hydrogens (tertiary/aromatic N) is 1. The summed E-state index contributed by atoms with van der Waals surface area (Å²) in [4.78, 5) is 54.3. The predicted molar refractivity (Wildman–Crippen MR) is 137 cm³/mol. The number of primary amides is 1. The van der Waals surface area contributed by atoms with Crippen molar-refractivity contribution in [1.29, 1.82) is 0 Å². The van der Waals surface area contributed by atoms with Crippen LogP contribution in [0.1, 0.15) is 22.3 Å². The number of anilines is 1. The number of carboxylic acid groups (broad SMARTS) is 1. The van der Waals surface area contributed by atoms with Crippen LogP contribution in [-0.4, -0.2) is 44.4 Å². The zero-order valence-electron chi connectivity index (χ0n) is 19.3. The monoisotopic (exact) mass is 506 g/mol. The van der Waals surface area contributed by atoms with E-state index in [1.54, 1.807) is 48.7 Å². The average Bonchev–Trinajstić information content (AvgIpc) is 2.87. The number of para-hydroxylation sites is 1. The fourth-order valence-corrected chi connectivity index (χ4v) is 4.42. The van der Waals surface area contributed by atoms with Gasteiger partial charge in [0.05, 0.1) is 12.3 Å². The number of benzene rings is 2. The molecule has 1 heterocycles. The molecule has 0 fully saturated rings. The molecule has 2 atom stereocenters. The number of carbonyl (C=O) groups excluding carboxylic acids is 3. The van der Waals surface area contributed by atoms with E-state index >= 15 is 0 Å². The van der Waals surface area contributed by atoms with E-state index in [0.717, 1.165) is 17.3 Å². The zero-order valence-corrected chi connectivity index (χ0v) is 20.1. The molecule has 10 heteroatoms. The fourth-order valence-electron chi connectivity index (χ4n) is 3.51. The molecule has 2 aromatic carbocycles. The third-order valence-corrected chi connectivity index (χ3v) is 6.35. The molecule has 0 aliphatic carbocycles. The third kappa shape index (κ3) is 7.41. The van der Waals surface area contributed by atoms with Crippen molar-refractivity contribution in [3.05, 3.63) is 96.3 Å². The third-order valence-electron chi connectivity index (χ3n) is 5.28. The molecule has 0 saturated heterocycles. The van der Waals surface area contributed by atoms with Crippen molar-refractivity contribution in [3.63, 3.8) is 0 Å². The molecule has 0 spiro atoms. The average molecular weight is 507 g/mol. The van der Waals surface area contributed by atoms with Crippen molar-refractivity contribution in [2.24, 2.45) is 11.7 Å². The van der Waals surface area contributed by atoms with E-state index in [0.29, 0.717) is 11.3 Å². The maximum atomic E-state index is 13.5. The maximum Gasteiger partial charge on any atom is 0.351 e. The summed E-state index contributed by atoms with van der Waals surface area (Å²) in [6, 6.07) is 20.7. The van der Waals surface area contributed by atoms with Crippen molar-refractivity contribution < 1.29 is 24.3 Å². The van der Waals surface area contributed by atoms with Gasteiger partial charge in [0.15, 0.2) is 0 Å². The zero-order chi connectivity index (χ0) is 26.0. The van der Waals surface area contributed by atoms with Gasteiger partial charge in [-0.2, -0.15) is 0 Å². The van der Waals surface area contributed by atoms with Crippen LogP contribution in [0.5, 0.6) is 0 Å². The minimum absolute atomic E-state index is 0.0755. The van der Waals surface area contributed by atoms with Crippen molar-refractivity contribution >= 4 is 40.3 Å². The summed E-state index contributed by atoms with van der Waals surface area (Å²) < 4.78 is 0. The normalized spacial score (nSPS) is 13.1. The van der Waals surface area contributed by atoms with Gasteiger partial charge >= 0.3 is 5.97 Å². The lowest BCUT2D eigenvalue weighted by molar-refractivity contribution is -0.148. The summed E-state index contributed by atoms with van der Waals surface area (Å²) in [5, 5.41) is 15.1. The Kier molecular flexibility index (Phi) is 9.18. The molecule has 5 N–H and O–H groups in total. The Morgan fingerprint density at radius 1 is 0.972 bits per heavy atom. The molecule has 0 aliphatic rings. The summed E-state index contributed by atoms with van der Waals surface area (Å²) in [6.45, 7) is 0. The van der Waals surface area contributed by atoms with Crippen LogP contribution in [-0.2, 0) is 20.8 Å². The van der Waals surface area contributed by atoms with E-state index in [1.807, 2.05) is 30.3 Å². The van der Waals surface area contributed by atoms with Gasteiger partial charge in [-0.25, -0.2) is 4.79 Å². The van der Waals surface area contributed by atoms with E-state index in [1.165, 1.54) is 6.20 Å². The number of amides is 2. The molecule has 0 radical (unpaired) electrons. The number of aromatic nitrogens is 1. The Morgan fingerprint density at radius 3 is 2.22 bits per heavy atom. The lowest BCUT2D eigenvalue weighted by Gasteiger charge is -2.33. The highest BCUT2D eigenvalue weighted by Crippen LogP contribution is 2.22. The number of hydrogen-bond donors (Lipinski definition) is 4. The number of aliphatic carboxylic acids is 1. The number of pyridine rings is 1. The van der Waals surface area contributed by atoms with Crippen LogP contribution in [0.15, 0.2) is 85.2 Å². The Morgan fingerprint density at radius 2 is 1.64 bits per heavy atom. The topological polar surface area (TPSA) is 151 Å². The first-order chi connectivity index (χ1) is 17.3. The summed E-state index contributed by atoms with van der Waals surface area (Å²) in [5.41, 5.74) is 4.78. The van der Waals surface area contributed by atoms with Crippen LogP contribution < -0.4 is 16.4 Å². The minimum Gasteiger partial charge on any atom is -0.478 e. The molecule has 9 nitrogen and oxygen atoms in total. The highest BCUT2D eigenvalue weighted by molar-refractivity contribution is 8.14. The van der Waals surface area contributed by atoms with Gasteiger partial charge in [0, 0.05) is 29.4 Å². The lowest BCUT2D eigenvalue weighted by Crippen LogP contribution is -2.63. The number of nitrogens with one attached hydrogen (secondary N) is 2. The van der Waals surface area contributed by atoms with Crippen LogP contribution in [0.4, 0.5) is 5.69 Å². The van der Waals surface area contributed by atoms with E-state index in [-0.39, 0.29) is 17.3 Å². The van der Waals surface area contributed by atoms with Gasteiger partial charge in [-0.15, -0.1) is 0 Å². The molecule has 1 aromatic heterocycles. The quantitative estimate of drug-likeness (QED) is 0.274. The van der Waals surface area contributed by atoms with Gasteiger partial charge in [0.1, 0.15) is 0 Å². The van der Waals surface area contributed by atoms with Crippen LogP contribution in [0.2, 0.25) is 0 Å². The molecule has 2 amide bonds. The number of carboxylic acids is 1. The van der Waals surface area contributed by atoms with Gasteiger partial charge in [-0.05, 0) is 36.2 Å². The van der Waals surface area contributed by atoms with Gasteiger partial charge in [0.2, 0.25) is 22.6 Å². The first-order valence-corrected chi connectivity index (χ1v) is 12.1. The second kappa shape index (κ2) is 12.5. The van der Waals surface area contributed by atoms with Gasteiger partial charge in [0.25, 0.3) is 0 Å². The van der Waals surface area contributed by atoms with E-state index in [9.17, 15) is 24.3 Å². The van der Waals surface area contributed by atoms with Crippen LogP contribution in [0.3, 0.4) is 0 Å². The molecular weight excluding hydrogens is 480 g/mol. The van der Waals surface area contributed by atoms with Crippen LogP contribution in [0, 0.1) is 5.92 Å². The maximum absolute atomic E-state index is 13.5. The van der Waals surface area contributed by atoms with E-state index in [4.69, 9.17) is 5.73 Å². The number of thioether (sulfide) groups is 1. The summed E-state index contributed by atoms with van der Waals surface area (Å²) in [7, 11) is 0. The number of carbonyl (C=O) groups is 4. The SMILES string of the molecule is NC(=O)C[C@@](NC(=O)C(CSC(=O)c1cccnc1)Cc1ccccc1)(Nc1ccccc1)C(=O)O. The Balaban J connectivity index is 1.86. The van der Waals surface area contributed by atoms with Crippen molar-refractivity contribution in [3.8, 4) is 0 Å². The molecule has 3 aromatic rings. The van der Waals surface area contributed by atoms with E-state index < -0.39 is 35.8 Å². The molecule has 0 aliphatic heterocycles. The molecule has 3 rings (SSSR count). The molecule has 36 heavy (non-hydrogen) atoms. The van der Waals surface area contributed by atoms with Gasteiger partial charge < -0.3 is 21.5 Å². The molecule has 0 saturated carbocycles. The standard InChI is InChI=1S/C26H26N4O5S/c27-22(31)15-26(25(34)35,29-21-11-5-2-6-12-21)30-23(32)20(14-18-8-3-1-4-9-18)17-36-24(33)19-10-7-13-28-16-19/h1-13,16,20,29H,14-15,17H2,(H2,27,31)(H,30,32)(H,34,35)/t20?,26-/m0/s1. The van der Waals surface area contributed by atoms with Gasteiger partial charge in [-0.1, -0.05) is 60.3 Å². The Bertz CT molecular complexity index is 1190. The van der Waals surface area contributed by atoms with Crippen molar-refractivity contribution in [1.82, 2.24) is 10.3 Å². The Hall–Kier alpha value is -4.18. The smallest absolute Gasteiger partial charge is 0.351 e. The number of nitrogens with two attached hydrogens (primary N) is 1. The number of hydrogen-bond acceptors (Lipinski definition) is 7. The van der Waals surface area contributed by atoms with Crippen LogP contribution >= 0.6 is 11.8 Å². The molecular formula is C26H26N4O5S. The first-order valence-electron chi connectivity index (χ1n) is 11.1. The second-order valence-electron chi connectivity index (χ2n) is 8.06. The summed E-state index contributed by atoms with van der Waals surface area (Å²) in [6.07, 6.45) is 2.55. The van der Waals surface area contributed by atoms with Gasteiger partial charge in [-0.3, -0.25) is 19.4 Å². The minimum atomic E-state index is -2.18. The first kappa shape index (κ1) is 26.4. The summed E-state index contributed by atoms with van der Waals surface area (Å²) in [5.74, 6) is -3.75.